The quantitative estimate of drug-likeness (QED) is 0.747. The number of halogens is 2. The standard InChI is InChI=1S/C20H24Cl2N4O/c1-12(2)24-19-9-16-11-26(7-6-15(16)10-23-19)20(27)25-13(3)14-4-5-17(21)18(22)8-14/h4-5,8-10,12-13H,6-7,11H2,1-3H3,(H,23,24)(H,25,27)/t13-/m1/s1. The zero-order valence-corrected chi connectivity index (χ0v) is 17.2. The van der Waals surface area contributed by atoms with Crippen LogP contribution in [-0.2, 0) is 13.0 Å². The van der Waals surface area contributed by atoms with Crippen molar-refractivity contribution in [3.8, 4) is 0 Å². The molecule has 0 saturated heterocycles. The van der Waals surface area contributed by atoms with Crippen LogP contribution in [0.2, 0.25) is 10.0 Å². The first-order valence-electron chi connectivity index (χ1n) is 9.08. The molecule has 5 nitrogen and oxygen atoms in total. The van der Waals surface area contributed by atoms with E-state index in [0.29, 0.717) is 29.2 Å². The first-order chi connectivity index (χ1) is 12.8. The molecule has 1 atom stereocenters. The minimum atomic E-state index is -0.163. The van der Waals surface area contributed by atoms with Gasteiger partial charge in [-0.05, 0) is 62.1 Å². The van der Waals surface area contributed by atoms with Crippen LogP contribution in [0, 0.1) is 0 Å². The molecule has 27 heavy (non-hydrogen) atoms. The molecule has 0 aliphatic carbocycles. The molecule has 0 bridgehead atoms. The van der Waals surface area contributed by atoms with Gasteiger partial charge in [-0.2, -0.15) is 0 Å². The molecule has 144 valence electrons. The van der Waals surface area contributed by atoms with Crippen LogP contribution >= 0.6 is 23.2 Å². The summed E-state index contributed by atoms with van der Waals surface area (Å²) < 4.78 is 0. The van der Waals surface area contributed by atoms with Crippen molar-refractivity contribution in [2.75, 3.05) is 11.9 Å². The summed E-state index contributed by atoms with van der Waals surface area (Å²) in [5.74, 6) is 0.843. The van der Waals surface area contributed by atoms with E-state index in [0.717, 1.165) is 23.4 Å². The van der Waals surface area contributed by atoms with Crippen molar-refractivity contribution in [1.29, 1.82) is 0 Å². The maximum absolute atomic E-state index is 12.7. The molecular formula is C20H24Cl2N4O. The lowest BCUT2D eigenvalue weighted by Crippen LogP contribution is -2.43. The van der Waals surface area contributed by atoms with Gasteiger partial charge in [0.25, 0.3) is 0 Å². The van der Waals surface area contributed by atoms with E-state index in [1.54, 1.807) is 12.1 Å². The predicted molar refractivity (Wildman–Crippen MR) is 111 cm³/mol. The summed E-state index contributed by atoms with van der Waals surface area (Å²) >= 11 is 12.1. The second kappa shape index (κ2) is 8.36. The lowest BCUT2D eigenvalue weighted by atomic mass is 10.0. The average molecular weight is 407 g/mol. The van der Waals surface area contributed by atoms with Crippen molar-refractivity contribution in [2.45, 2.75) is 45.8 Å². The van der Waals surface area contributed by atoms with Gasteiger partial charge in [-0.1, -0.05) is 29.3 Å². The Labute approximate surface area is 170 Å². The number of nitrogens with one attached hydrogen (secondary N) is 2. The van der Waals surface area contributed by atoms with Crippen molar-refractivity contribution < 1.29 is 4.79 Å². The molecule has 0 fully saturated rings. The number of fused-ring (bicyclic) bond motifs is 1. The third kappa shape index (κ3) is 4.85. The molecule has 1 aromatic carbocycles. The van der Waals surface area contributed by atoms with Crippen LogP contribution in [0.5, 0.6) is 0 Å². The predicted octanol–water partition coefficient (Wildman–Crippen LogP) is 5.04. The van der Waals surface area contributed by atoms with Crippen molar-refractivity contribution in [3.05, 3.63) is 57.2 Å². The Balaban J connectivity index is 1.67. The fraction of sp³-hybridized carbons (Fsp3) is 0.400. The summed E-state index contributed by atoms with van der Waals surface area (Å²) in [6.07, 6.45) is 2.71. The third-order valence-corrected chi connectivity index (χ3v) is 5.34. The van der Waals surface area contributed by atoms with Gasteiger partial charge >= 0.3 is 6.03 Å². The van der Waals surface area contributed by atoms with E-state index in [1.165, 1.54) is 5.56 Å². The Bertz CT molecular complexity index is 841. The number of aromatic nitrogens is 1. The van der Waals surface area contributed by atoms with E-state index < -0.39 is 0 Å². The van der Waals surface area contributed by atoms with E-state index in [-0.39, 0.29) is 12.1 Å². The van der Waals surface area contributed by atoms with Gasteiger partial charge in [-0.3, -0.25) is 0 Å². The number of carbonyl (C=O) groups is 1. The third-order valence-electron chi connectivity index (χ3n) is 4.60. The highest BCUT2D eigenvalue weighted by molar-refractivity contribution is 6.42. The largest absolute Gasteiger partial charge is 0.368 e. The van der Waals surface area contributed by atoms with E-state index in [4.69, 9.17) is 23.2 Å². The number of hydrogen-bond donors (Lipinski definition) is 2. The monoisotopic (exact) mass is 406 g/mol. The van der Waals surface area contributed by atoms with Gasteiger partial charge in [0.15, 0.2) is 0 Å². The van der Waals surface area contributed by atoms with Crippen LogP contribution in [0.4, 0.5) is 10.6 Å². The average Bonchev–Trinajstić information content (AvgIpc) is 2.62. The smallest absolute Gasteiger partial charge is 0.318 e. The molecule has 7 heteroatoms. The lowest BCUT2D eigenvalue weighted by molar-refractivity contribution is 0.189. The number of amides is 2. The molecule has 0 saturated carbocycles. The molecule has 2 amide bonds. The molecule has 2 N–H and O–H groups in total. The summed E-state index contributed by atoms with van der Waals surface area (Å²) in [5.41, 5.74) is 3.26. The van der Waals surface area contributed by atoms with Crippen molar-refractivity contribution in [1.82, 2.24) is 15.2 Å². The lowest BCUT2D eigenvalue weighted by Gasteiger charge is -2.30. The van der Waals surface area contributed by atoms with Crippen molar-refractivity contribution in [3.63, 3.8) is 0 Å². The first-order valence-corrected chi connectivity index (χ1v) is 9.84. The van der Waals surface area contributed by atoms with Gasteiger partial charge in [-0.25, -0.2) is 9.78 Å². The molecule has 0 radical (unpaired) electrons. The Kier molecular flexibility index (Phi) is 6.12. The molecule has 1 aliphatic rings. The van der Waals surface area contributed by atoms with E-state index in [9.17, 15) is 4.79 Å². The first kappa shape index (κ1) is 19.8. The topological polar surface area (TPSA) is 57.3 Å². The number of pyridine rings is 1. The highest BCUT2D eigenvalue weighted by Crippen LogP contribution is 2.26. The number of nitrogens with zero attached hydrogens (tertiary/aromatic N) is 2. The summed E-state index contributed by atoms with van der Waals surface area (Å²) in [5, 5.41) is 7.34. The Hall–Kier alpha value is -1.98. The highest BCUT2D eigenvalue weighted by Gasteiger charge is 2.23. The van der Waals surface area contributed by atoms with E-state index in [1.807, 2.05) is 30.2 Å². The van der Waals surface area contributed by atoms with Crippen molar-refractivity contribution >= 4 is 35.1 Å². The van der Waals surface area contributed by atoms with Crippen LogP contribution in [0.1, 0.15) is 43.5 Å². The van der Waals surface area contributed by atoms with E-state index in [2.05, 4.69) is 29.5 Å². The van der Waals surface area contributed by atoms with Crippen LogP contribution in [-0.4, -0.2) is 28.5 Å². The Morgan fingerprint density at radius 1 is 1.15 bits per heavy atom. The van der Waals surface area contributed by atoms with Gasteiger partial charge < -0.3 is 15.5 Å². The number of urea groups is 1. The second-order valence-electron chi connectivity index (χ2n) is 7.15. The number of anilines is 1. The van der Waals surface area contributed by atoms with Gasteiger partial charge in [-0.15, -0.1) is 0 Å². The van der Waals surface area contributed by atoms with E-state index >= 15 is 0 Å². The zero-order chi connectivity index (χ0) is 19.6. The van der Waals surface area contributed by atoms with Crippen LogP contribution in [0.15, 0.2) is 30.5 Å². The summed E-state index contributed by atoms with van der Waals surface area (Å²) in [6.45, 7) is 7.33. The number of rotatable bonds is 4. The molecule has 0 unspecified atom stereocenters. The van der Waals surface area contributed by atoms with Gasteiger partial charge in [0.2, 0.25) is 0 Å². The Morgan fingerprint density at radius 2 is 1.93 bits per heavy atom. The molecule has 2 heterocycles. The van der Waals surface area contributed by atoms with Gasteiger partial charge in [0, 0.05) is 25.3 Å². The van der Waals surface area contributed by atoms with Gasteiger partial charge in [0.05, 0.1) is 16.1 Å². The minimum absolute atomic E-state index is 0.0885. The number of benzene rings is 1. The van der Waals surface area contributed by atoms with Crippen LogP contribution < -0.4 is 10.6 Å². The fourth-order valence-electron chi connectivity index (χ4n) is 3.13. The zero-order valence-electron chi connectivity index (χ0n) is 15.7. The highest BCUT2D eigenvalue weighted by atomic mass is 35.5. The molecule has 1 aromatic heterocycles. The molecular weight excluding hydrogens is 383 g/mol. The summed E-state index contributed by atoms with van der Waals surface area (Å²) in [7, 11) is 0. The number of hydrogen-bond acceptors (Lipinski definition) is 3. The summed E-state index contributed by atoms with van der Waals surface area (Å²) in [4.78, 5) is 19.0. The Morgan fingerprint density at radius 3 is 2.63 bits per heavy atom. The maximum Gasteiger partial charge on any atom is 0.318 e. The number of carbonyl (C=O) groups excluding carboxylic acids is 1. The fourth-order valence-corrected chi connectivity index (χ4v) is 3.43. The molecule has 0 spiro atoms. The molecule has 3 rings (SSSR count). The minimum Gasteiger partial charge on any atom is -0.368 e. The van der Waals surface area contributed by atoms with Gasteiger partial charge in [0.1, 0.15) is 5.82 Å². The SMILES string of the molecule is CC(C)Nc1cc2c(cn1)CCN(C(=O)N[C@H](C)c1ccc(Cl)c(Cl)c1)C2. The maximum atomic E-state index is 12.7. The molecule has 1 aliphatic heterocycles. The van der Waals surface area contributed by atoms with Crippen molar-refractivity contribution in [2.24, 2.45) is 0 Å². The van der Waals surface area contributed by atoms with Crippen LogP contribution in [0.3, 0.4) is 0 Å². The molecule has 2 aromatic rings. The summed E-state index contributed by atoms with van der Waals surface area (Å²) in [6, 6.07) is 7.51. The van der Waals surface area contributed by atoms with Crippen LogP contribution in [0.25, 0.3) is 0 Å². The second-order valence-corrected chi connectivity index (χ2v) is 7.97. The normalized spacial score (nSPS) is 14.7.